The zero-order valence-electron chi connectivity index (χ0n) is 7.50. The van der Waals surface area contributed by atoms with E-state index in [4.69, 9.17) is 0 Å². The third-order valence-corrected chi connectivity index (χ3v) is 1.81. The van der Waals surface area contributed by atoms with Crippen molar-refractivity contribution in [3.63, 3.8) is 0 Å². The topological polar surface area (TPSA) is 34.0 Å². The fourth-order valence-corrected chi connectivity index (χ4v) is 1.07. The summed E-state index contributed by atoms with van der Waals surface area (Å²) in [5, 5.41) is 3.06. The van der Waals surface area contributed by atoms with E-state index in [0.29, 0.717) is 0 Å². The molecule has 0 atom stereocenters. The van der Waals surface area contributed by atoms with E-state index in [9.17, 15) is 4.79 Å². The predicted octanol–water partition coefficient (Wildman–Crippen LogP) is 0.147. The third-order valence-electron chi connectivity index (χ3n) is 1.81. The highest BCUT2D eigenvalue weighted by Crippen LogP contribution is 1.94. The Bertz CT molecular complexity index is 304. The van der Waals surface area contributed by atoms with Crippen molar-refractivity contribution in [2.24, 2.45) is 7.05 Å². The summed E-state index contributed by atoms with van der Waals surface area (Å²) >= 11 is 0. The third kappa shape index (κ3) is 2.20. The summed E-state index contributed by atoms with van der Waals surface area (Å²) in [5.74, 6) is 0. The van der Waals surface area contributed by atoms with E-state index in [1.54, 1.807) is 17.7 Å². The van der Waals surface area contributed by atoms with Gasteiger partial charge >= 0.3 is 0 Å². The van der Waals surface area contributed by atoms with Crippen LogP contribution in [0.15, 0.2) is 23.1 Å². The summed E-state index contributed by atoms with van der Waals surface area (Å²) in [6.07, 6.45) is 2.84. The quantitative estimate of drug-likeness (QED) is 0.693. The van der Waals surface area contributed by atoms with Crippen molar-refractivity contribution in [2.75, 3.05) is 13.6 Å². The van der Waals surface area contributed by atoms with Gasteiger partial charge in [-0.2, -0.15) is 0 Å². The normalized spacial score (nSPS) is 10.2. The first-order valence-electron chi connectivity index (χ1n) is 4.04. The second-order valence-corrected chi connectivity index (χ2v) is 2.84. The molecule has 1 aromatic rings. The van der Waals surface area contributed by atoms with Gasteiger partial charge in [-0.1, -0.05) is 6.07 Å². The van der Waals surface area contributed by atoms with E-state index in [2.05, 4.69) is 5.32 Å². The molecule has 3 nitrogen and oxygen atoms in total. The van der Waals surface area contributed by atoms with Crippen LogP contribution in [0.1, 0.15) is 5.56 Å². The Morgan fingerprint density at radius 1 is 1.50 bits per heavy atom. The molecule has 1 rings (SSSR count). The van der Waals surface area contributed by atoms with Crippen molar-refractivity contribution < 1.29 is 0 Å². The molecule has 1 aromatic heterocycles. The van der Waals surface area contributed by atoms with Gasteiger partial charge < -0.3 is 9.88 Å². The van der Waals surface area contributed by atoms with E-state index in [-0.39, 0.29) is 5.56 Å². The SMILES string of the molecule is CNCCc1ccc(=O)n(C)c1. The van der Waals surface area contributed by atoms with Crippen molar-refractivity contribution in [3.05, 3.63) is 34.2 Å². The molecule has 1 heterocycles. The fraction of sp³-hybridized carbons (Fsp3) is 0.444. The Morgan fingerprint density at radius 2 is 2.25 bits per heavy atom. The monoisotopic (exact) mass is 166 g/mol. The van der Waals surface area contributed by atoms with Crippen LogP contribution in [0.5, 0.6) is 0 Å². The van der Waals surface area contributed by atoms with Crippen molar-refractivity contribution in [1.82, 2.24) is 9.88 Å². The number of nitrogens with zero attached hydrogens (tertiary/aromatic N) is 1. The molecule has 0 saturated carbocycles. The molecule has 0 bridgehead atoms. The first kappa shape index (κ1) is 9.00. The highest BCUT2D eigenvalue weighted by atomic mass is 16.1. The maximum absolute atomic E-state index is 11.0. The molecule has 0 radical (unpaired) electrons. The Balaban J connectivity index is 2.75. The molecule has 0 spiro atoms. The molecule has 0 aromatic carbocycles. The Labute approximate surface area is 72.0 Å². The van der Waals surface area contributed by atoms with Gasteiger partial charge in [0.1, 0.15) is 0 Å². The van der Waals surface area contributed by atoms with Gasteiger partial charge in [-0.25, -0.2) is 0 Å². The standard InChI is InChI=1S/C9H14N2O/c1-10-6-5-8-3-4-9(12)11(2)7-8/h3-4,7,10H,5-6H2,1-2H3. The summed E-state index contributed by atoms with van der Waals surface area (Å²) in [6.45, 7) is 0.943. The van der Waals surface area contributed by atoms with Gasteiger partial charge in [0.05, 0.1) is 0 Å². The molecule has 0 unspecified atom stereocenters. The maximum Gasteiger partial charge on any atom is 0.250 e. The van der Waals surface area contributed by atoms with E-state index in [1.165, 1.54) is 5.56 Å². The summed E-state index contributed by atoms with van der Waals surface area (Å²) in [5.41, 5.74) is 1.23. The predicted molar refractivity (Wildman–Crippen MR) is 49.3 cm³/mol. The van der Waals surface area contributed by atoms with Crippen LogP contribution in [0.3, 0.4) is 0 Å². The van der Waals surface area contributed by atoms with Crippen molar-refractivity contribution in [3.8, 4) is 0 Å². The number of pyridine rings is 1. The number of aryl methyl sites for hydroxylation is 1. The molecular weight excluding hydrogens is 152 g/mol. The number of aromatic nitrogens is 1. The average Bonchev–Trinajstić information content (AvgIpc) is 2.07. The Hall–Kier alpha value is -1.09. The lowest BCUT2D eigenvalue weighted by atomic mass is 10.2. The average molecular weight is 166 g/mol. The van der Waals surface area contributed by atoms with Crippen LogP contribution in [0.2, 0.25) is 0 Å². The van der Waals surface area contributed by atoms with E-state index >= 15 is 0 Å². The minimum Gasteiger partial charge on any atom is -0.319 e. The van der Waals surface area contributed by atoms with Gasteiger partial charge in [-0.15, -0.1) is 0 Å². The van der Waals surface area contributed by atoms with Crippen LogP contribution >= 0.6 is 0 Å². The number of hydrogen-bond donors (Lipinski definition) is 1. The smallest absolute Gasteiger partial charge is 0.250 e. The minimum absolute atomic E-state index is 0.0446. The van der Waals surface area contributed by atoms with Gasteiger partial charge in [-0.3, -0.25) is 4.79 Å². The Morgan fingerprint density at radius 3 is 2.83 bits per heavy atom. The number of nitrogens with one attached hydrogen (secondary N) is 1. The number of likely N-dealkylation sites (N-methyl/N-ethyl adjacent to an activating group) is 1. The molecule has 0 aliphatic heterocycles. The van der Waals surface area contributed by atoms with E-state index < -0.39 is 0 Å². The van der Waals surface area contributed by atoms with Crippen molar-refractivity contribution >= 4 is 0 Å². The lowest BCUT2D eigenvalue weighted by Gasteiger charge is -2.02. The molecule has 0 aliphatic carbocycles. The highest BCUT2D eigenvalue weighted by molar-refractivity contribution is 5.10. The van der Waals surface area contributed by atoms with Crippen LogP contribution in [0.4, 0.5) is 0 Å². The lowest BCUT2D eigenvalue weighted by Crippen LogP contribution is -2.17. The zero-order chi connectivity index (χ0) is 8.97. The number of hydrogen-bond acceptors (Lipinski definition) is 2. The minimum atomic E-state index is 0.0446. The molecule has 1 N–H and O–H groups in total. The molecule has 0 amide bonds. The highest BCUT2D eigenvalue weighted by Gasteiger charge is 1.93. The summed E-state index contributed by atoms with van der Waals surface area (Å²) in [6, 6.07) is 3.48. The fourth-order valence-electron chi connectivity index (χ4n) is 1.07. The van der Waals surface area contributed by atoms with Crippen LogP contribution in [-0.2, 0) is 13.5 Å². The van der Waals surface area contributed by atoms with Crippen molar-refractivity contribution in [1.29, 1.82) is 0 Å². The zero-order valence-corrected chi connectivity index (χ0v) is 7.50. The van der Waals surface area contributed by atoms with Gasteiger partial charge in [0.2, 0.25) is 5.56 Å². The van der Waals surface area contributed by atoms with Crippen LogP contribution in [-0.4, -0.2) is 18.2 Å². The van der Waals surface area contributed by atoms with Gasteiger partial charge in [0.15, 0.2) is 0 Å². The van der Waals surface area contributed by atoms with Crippen LogP contribution < -0.4 is 10.9 Å². The molecule has 0 fully saturated rings. The Kier molecular flexibility index (Phi) is 3.05. The van der Waals surface area contributed by atoms with Gasteiger partial charge in [0, 0.05) is 19.3 Å². The molecule has 66 valence electrons. The molecular formula is C9H14N2O. The molecule has 0 saturated heterocycles. The molecule has 3 heteroatoms. The maximum atomic E-state index is 11.0. The van der Waals surface area contributed by atoms with E-state index in [1.807, 2.05) is 19.3 Å². The first-order valence-corrected chi connectivity index (χ1v) is 4.04. The largest absolute Gasteiger partial charge is 0.319 e. The van der Waals surface area contributed by atoms with Crippen LogP contribution in [0.25, 0.3) is 0 Å². The summed E-state index contributed by atoms with van der Waals surface area (Å²) in [7, 11) is 3.69. The summed E-state index contributed by atoms with van der Waals surface area (Å²) < 4.78 is 1.60. The second-order valence-electron chi connectivity index (χ2n) is 2.84. The molecule has 0 aliphatic rings. The lowest BCUT2D eigenvalue weighted by molar-refractivity contribution is 0.771. The summed E-state index contributed by atoms with van der Waals surface area (Å²) in [4.78, 5) is 11.0. The second kappa shape index (κ2) is 4.07. The van der Waals surface area contributed by atoms with Gasteiger partial charge in [-0.05, 0) is 25.6 Å². The number of rotatable bonds is 3. The van der Waals surface area contributed by atoms with Crippen LogP contribution in [0, 0.1) is 0 Å². The van der Waals surface area contributed by atoms with E-state index in [0.717, 1.165) is 13.0 Å². The van der Waals surface area contributed by atoms with Gasteiger partial charge in [0.25, 0.3) is 0 Å². The van der Waals surface area contributed by atoms with Crippen molar-refractivity contribution in [2.45, 2.75) is 6.42 Å². The molecule has 12 heavy (non-hydrogen) atoms. The first-order chi connectivity index (χ1) is 5.74.